The Kier molecular flexibility index (Phi) is 3.80. The van der Waals surface area contributed by atoms with Crippen molar-refractivity contribution in [2.24, 2.45) is 0 Å². The van der Waals surface area contributed by atoms with Gasteiger partial charge in [-0.1, -0.05) is 13.8 Å². The zero-order chi connectivity index (χ0) is 14.7. The Labute approximate surface area is 116 Å². The Morgan fingerprint density at radius 3 is 2.75 bits per heavy atom. The van der Waals surface area contributed by atoms with Gasteiger partial charge in [-0.3, -0.25) is 9.89 Å². The summed E-state index contributed by atoms with van der Waals surface area (Å²) in [6.45, 7) is 5.76. The number of hydrogen-bond acceptors (Lipinski definition) is 4. The van der Waals surface area contributed by atoms with E-state index in [-0.39, 0.29) is 11.6 Å². The molecule has 2 heterocycles. The highest BCUT2D eigenvalue weighted by molar-refractivity contribution is 6.02. The van der Waals surface area contributed by atoms with Crippen molar-refractivity contribution in [2.75, 3.05) is 5.32 Å². The van der Waals surface area contributed by atoms with Crippen molar-refractivity contribution in [3.05, 3.63) is 40.8 Å². The summed E-state index contributed by atoms with van der Waals surface area (Å²) in [4.78, 5) is 16.1. The van der Waals surface area contributed by atoms with Crippen LogP contribution in [0.25, 0.3) is 0 Å². The monoisotopic (exact) mass is 269 g/mol. The summed E-state index contributed by atoms with van der Waals surface area (Å²) in [5, 5.41) is 18.4. The van der Waals surface area contributed by atoms with Gasteiger partial charge in [-0.15, -0.1) is 0 Å². The van der Waals surface area contributed by atoms with Gasteiger partial charge in [-0.25, -0.2) is 4.98 Å². The maximum Gasteiger partial charge on any atom is 0.275 e. The Morgan fingerprint density at radius 1 is 1.45 bits per heavy atom. The highest BCUT2D eigenvalue weighted by Crippen LogP contribution is 2.15. The van der Waals surface area contributed by atoms with Crippen molar-refractivity contribution in [3.8, 4) is 6.07 Å². The molecule has 0 aromatic carbocycles. The molecule has 0 aliphatic rings. The van der Waals surface area contributed by atoms with Gasteiger partial charge in [-0.05, 0) is 25.0 Å². The topological polar surface area (TPSA) is 94.5 Å². The lowest BCUT2D eigenvalue weighted by molar-refractivity contribution is 0.102. The summed E-state index contributed by atoms with van der Waals surface area (Å²) in [5.74, 6) is 0.422. The number of aromatic amines is 1. The molecule has 2 aromatic heterocycles. The van der Waals surface area contributed by atoms with Gasteiger partial charge in [0.2, 0.25) is 0 Å². The van der Waals surface area contributed by atoms with Crippen LogP contribution in [0.1, 0.15) is 47.2 Å². The maximum atomic E-state index is 12.0. The van der Waals surface area contributed by atoms with Crippen LogP contribution in [-0.4, -0.2) is 21.1 Å². The van der Waals surface area contributed by atoms with Crippen molar-refractivity contribution < 1.29 is 4.79 Å². The van der Waals surface area contributed by atoms with Crippen molar-refractivity contribution in [1.29, 1.82) is 5.26 Å². The summed E-state index contributed by atoms with van der Waals surface area (Å²) in [6.07, 6.45) is 0. The molecule has 0 spiro atoms. The van der Waals surface area contributed by atoms with Crippen LogP contribution in [0.5, 0.6) is 0 Å². The molecule has 0 aliphatic heterocycles. The molecule has 6 nitrogen and oxygen atoms in total. The first-order valence-electron chi connectivity index (χ1n) is 6.25. The molecule has 6 heteroatoms. The number of carbonyl (C=O) groups excluding carboxylic acids is 1. The van der Waals surface area contributed by atoms with E-state index in [2.05, 4.69) is 20.5 Å². The third-order valence-electron chi connectivity index (χ3n) is 2.90. The van der Waals surface area contributed by atoms with E-state index in [0.29, 0.717) is 23.0 Å². The summed E-state index contributed by atoms with van der Waals surface area (Å²) >= 11 is 0. The Bertz CT molecular complexity index is 681. The number of carbonyl (C=O) groups is 1. The van der Waals surface area contributed by atoms with Crippen LogP contribution in [0, 0.1) is 18.3 Å². The normalized spacial score (nSPS) is 10.3. The molecule has 0 saturated carbocycles. The first kappa shape index (κ1) is 13.7. The van der Waals surface area contributed by atoms with Crippen molar-refractivity contribution >= 4 is 11.7 Å². The van der Waals surface area contributed by atoms with E-state index in [0.717, 1.165) is 5.69 Å². The summed E-state index contributed by atoms with van der Waals surface area (Å²) in [5.41, 5.74) is 2.20. The number of pyridine rings is 1. The number of anilines is 1. The second-order valence-electron chi connectivity index (χ2n) is 4.76. The Balaban J connectivity index is 2.15. The minimum Gasteiger partial charge on any atom is -0.304 e. The number of nitrogens with one attached hydrogen (secondary N) is 2. The quantitative estimate of drug-likeness (QED) is 0.894. The number of aromatic nitrogens is 3. The van der Waals surface area contributed by atoms with Crippen molar-refractivity contribution in [1.82, 2.24) is 15.2 Å². The van der Waals surface area contributed by atoms with E-state index in [1.807, 2.05) is 19.9 Å². The third-order valence-corrected chi connectivity index (χ3v) is 2.90. The highest BCUT2D eigenvalue weighted by atomic mass is 16.1. The second kappa shape index (κ2) is 5.53. The Morgan fingerprint density at radius 2 is 2.20 bits per heavy atom. The molecular weight excluding hydrogens is 254 g/mol. The fraction of sp³-hybridized carbons (Fsp3) is 0.286. The molecule has 2 N–H and O–H groups in total. The third kappa shape index (κ3) is 2.83. The number of H-pyrrole nitrogens is 1. The molecule has 1 amide bonds. The molecule has 0 unspecified atom stereocenters. The minimum atomic E-state index is -0.348. The van der Waals surface area contributed by atoms with Crippen LogP contribution < -0.4 is 5.32 Å². The number of amides is 1. The zero-order valence-electron chi connectivity index (χ0n) is 11.6. The molecule has 20 heavy (non-hydrogen) atoms. The fourth-order valence-electron chi connectivity index (χ4n) is 1.68. The predicted octanol–water partition coefficient (Wildman–Crippen LogP) is 2.36. The van der Waals surface area contributed by atoms with Gasteiger partial charge in [0, 0.05) is 11.8 Å². The van der Waals surface area contributed by atoms with Crippen LogP contribution in [0.3, 0.4) is 0 Å². The van der Waals surface area contributed by atoms with E-state index >= 15 is 0 Å². The minimum absolute atomic E-state index is 0.260. The molecule has 0 aliphatic carbocycles. The van der Waals surface area contributed by atoms with Crippen molar-refractivity contribution in [2.45, 2.75) is 26.7 Å². The average Bonchev–Trinajstić information content (AvgIpc) is 2.87. The summed E-state index contributed by atoms with van der Waals surface area (Å²) in [7, 11) is 0. The van der Waals surface area contributed by atoms with E-state index in [1.54, 1.807) is 19.1 Å². The van der Waals surface area contributed by atoms with Crippen LogP contribution >= 0.6 is 0 Å². The molecule has 102 valence electrons. The van der Waals surface area contributed by atoms with Gasteiger partial charge in [0.05, 0.1) is 11.3 Å². The number of rotatable bonds is 3. The van der Waals surface area contributed by atoms with Crippen LogP contribution in [0.15, 0.2) is 18.2 Å². The van der Waals surface area contributed by atoms with E-state index in [1.165, 1.54) is 6.07 Å². The lowest BCUT2D eigenvalue weighted by Gasteiger charge is -2.03. The van der Waals surface area contributed by atoms with Gasteiger partial charge in [0.1, 0.15) is 11.8 Å². The molecule has 0 atom stereocenters. The van der Waals surface area contributed by atoms with Crippen LogP contribution in [0.4, 0.5) is 5.82 Å². The predicted molar refractivity (Wildman–Crippen MR) is 74.3 cm³/mol. The number of nitriles is 1. The molecular formula is C14H15N5O. The van der Waals surface area contributed by atoms with Gasteiger partial charge >= 0.3 is 0 Å². The maximum absolute atomic E-state index is 12.0. The summed E-state index contributed by atoms with van der Waals surface area (Å²) < 4.78 is 0. The van der Waals surface area contributed by atoms with Crippen molar-refractivity contribution in [3.63, 3.8) is 0 Å². The first-order valence-corrected chi connectivity index (χ1v) is 6.25. The largest absolute Gasteiger partial charge is 0.304 e. The van der Waals surface area contributed by atoms with Gasteiger partial charge < -0.3 is 5.32 Å². The van der Waals surface area contributed by atoms with E-state index < -0.39 is 0 Å². The number of nitrogens with zero attached hydrogens (tertiary/aromatic N) is 3. The highest BCUT2D eigenvalue weighted by Gasteiger charge is 2.12. The molecule has 0 fully saturated rings. The molecule has 0 bridgehead atoms. The fourth-order valence-corrected chi connectivity index (χ4v) is 1.68. The van der Waals surface area contributed by atoms with E-state index in [9.17, 15) is 4.79 Å². The van der Waals surface area contributed by atoms with Crippen LogP contribution in [-0.2, 0) is 0 Å². The standard InChI is InChI=1S/C14H15N5O/c1-8(2)12-6-13(19-18-12)17-14(20)11-5-4-10(7-15)9(3)16-11/h4-6,8H,1-3H3,(H2,17,18,19,20). The lowest BCUT2D eigenvalue weighted by Crippen LogP contribution is -2.14. The van der Waals surface area contributed by atoms with Crippen LogP contribution in [0.2, 0.25) is 0 Å². The molecule has 2 aromatic rings. The van der Waals surface area contributed by atoms with Gasteiger partial charge in [0.15, 0.2) is 5.82 Å². The smallest absolute Gasteiger partial charge is 0.275 e. The van der Waals surface area contributed by atoms with Gasteiger partial charge in [-0.2, -0.15) is 10.4 Å². The van der Waals surface area contributed by atoms with E-state index in [4.69, 9.17) is 5.26 Å². The Hall–Kier alpha value is -2.68. The molecule has 2 rings (SSSR count). The number of aryl methyl sites for hydroxylation is 1. The SMILES string of the molecule is Cc1nc(C(=O)Nc2cc(C(C)C)[nH]n2)ccc1C#N. The average molecular weight is 269 g/mol. The lowest BCUT2D eigenvalue weighted by atomic mass is 10.1. The number of hydrogen-bond donors (Lipinski definition) is 2. The zero-order valence-corrected chi connectivity index (χ0v) is 11.6. The van der Waals surface area contributed by atoms with Gasteiger partial charge in [0.25, 0.3) is 5.91 Å². The first-order chi connectivity index (χ1) is 9.51. The molecule has 0 saturated heterocycles. The second-order valence-corrected chi connectivity index (χ2v) is 4.76. The molecule has 0 radical (unpaired) electrons. The summed E-state index contributed by atoms with van der Waals surface area (Å²) in [6, 6.07) is 6.92.